The van der Waals surface area contributed by atoms with Crippen molar-refractivity contribution in [2.45, 2.75) is 4.90 Å². The van der Waals surface area contributed by atoms with Crippen LogP contribution in [0.25, 0.3) is 0 Å². The van der Waals surface area contributed by atoms with Gasteiger partial charge in [0.2, 0.25) is 0 Å². The van der Waals surface area contributed by atoms with E-state index in [1.165, 1.54) is 24.6 Å². The molecule has 20 heavy (non-hydrogen) atoms. The van der Waals surface area contributed by atoms with Crippen LogP contribution in [-0.2, 0) is 14.8 Å². The number of rotatable bonds is 4. The molecule has 6 nitrogen and oxygen atoms in total. The van der Waals surface area contributed by atoms with E-state index in [2.05, 4.69) is 30.4 Å². The largest absolute Gasteiger partial charge is 0.465 e. The third-order valence-electron chi connectivity index (χ3n) is 2.24. The van der Waals surface area contributed by atoms with Crippen molar-refractivity contribution in [3.05, 3.63) is 39.1 Å². The second-order valence-electron chi connectivity index (χ2n) is 3.56. The zero-order valence-corrected chi connectivity index (χ0v) is 13.4. The first kappa shape index (κ1) is 14.9. The summed E-state index contributed by atoms with van der Waals surface area (Å²) in [6.07, 6.45) is 0. The number of carbonyl (C=O) groups excluding carboxylic acids is 1. The molecule has 0 fully saturated rings. The van der Waals surface area contributed by atoms with Gasteiger partial charge in [-0.15, -0.1) is 11.3 Å². The van der Waals surface area contributed by atoms with Crippen LogP contribution in [0.3, 0.4) is 0 Å². The van der Waals surface area contributed by atoms with Gasteiger partial charge in [0.1, 0.15) is 20.2 Å². The number of sulfonamides is 1. The monoisotopic (exact) mass is 376 g/mol. The number of hydrogen-bond donors (Lipinski definition) is 1. The Morgan fingerprint density at radius 1 is 1.40 bits per heavy atom. The fraction of sp³-hybridized carbons (Fsp3) is 0.0909. The predicted molar refractivity (Wildman–Crippen MR) is 78.4 cm³/mol. The first-order valence-electron chi connectivity index (χ1n) is 5.25. The first-order valence-corrected chi connectivity index (χ1v) is 8.41. The average Bonchev–Trinajstić information content (AvgIpc) is 2.87. The maximum absolute atomic E-state index is 12.2. The van der Waals surface area contributed by atoms with Crippen LogP contribution in [0.1, 0.15) is 9.67 Å². The molecule has 0 aliphatic carbocycles. The molecule has 2 rings (SSSR count). The topological polar surface area (TPSA) is 85.4 Å². The van der Waals surface area contributed by atoms with Crippen molar-refractivity contribution in [2.24, 2.45) is 0 Å². The molecule has 2 aromatic heterocycles. The molecule has 106 valence electrons. The molecule has 0 bridgehead atoms. The number of methoxy groups -OCH3 is 1. The summed E-state index contributed by atoms with van der Waals surface area (Å²) in [5.41, 5.74) is 0. The van der Waals surface area contributed by atoms with Gasteiger partial charge in [-0.25, -0.2) is 18.2 Å². The zero-order chi connectivity index (χ0) is 14.8. The molecule has 0 saturated carbocycles. The molecule has 0 radical (unpaired) electrons. The summed E-state index contributed by atoms with van der Waals surface area (Å²) in [5.74, 6) is -0.538. The molecule has 0 aliphatic rings. The van der Waals surface area contributed by atoms with Gasteiger partial charge in [0.25, 0.3) is 10.0 Å². The molecule has 0 spiro atoms. The Kier molecular flexibility index (Phi) is 4.41. The predicted octanol–water partition coefficient (Wildman–Crippen LogP) is 2.49. The van der Waals surface area contributed by atoms with Crippen LogP contribution in [0.2, 0.25) is 0 Å². The minimum absolute atomic E-state index is 0.0231. The van der Waals surface area contributed by atoms with E-state index in [0.29, 0.717) is 4.60 Å². The maximum atomic E-state index is 12.2. The van der Waals surface area contributed by atoms with Gasteiger partial charge < -0.3 is 4.74 Å². The lowest BCUT2D eigenvalue weighted by Gasteiger charge is -2.07. The Bertz CT molecular complexity index is 742. The molecule has 1 N–H and O–H groups in total. The molecular formula is C11H9BrN2O4S2. The lowest BCUT2D eigenvalue weighted by atomic mass is 10.5. The molecule has 9 heteroatoms. The lowest BCUT2D eigenvalue weighted by Crippen LogP contribution is -2.16. The number of aromatic nitrogens is 1. The summed E-state index contributed by atoms with van der Waals surface area (Å²) in [5, 5.41) is 1.51. The molecule has 2 heterocycles. The standard InChI is InChI=1S/C11H9BrN2O4S2/c1-18-11(15)10-7(5-6-19-10)20(16,17)14-9-4-2-3-8(12)13-9/h2-6H,1H3,(H,13,14). The highest BCUT2D eigenvalue weighted by atomic mass is 79.9. The summed E-state index contributed by atoms with van der Waals surface area (Å²) in [6, 6.07) is 6.16. The van der Waals surface area contributed by atoms with E-state index in [1.54, 1.807) is 12.1 Å². The highest BCUT2D eigenvalue weighted by Crippen LogP contribution is 2.24. The van der Waals surface area contributed by atoms with Gasteiger partial charge in [-0.05, 0) is 39.5 Å². The first-order chi connectivity index (χ1) is 9.44. The van der Waals surface area contributed by atoms with Crippen molar-refractivity contribution in [1.82, 2.24) is 4.98 Å². The summed E-state index contributed by atoms with van der Waals surface area (Å²) < 4.78 is 31.9. The number of carbonyl (C=O) groups is 1. The average molecular weight is 377 g/mol. The molecule has 2 aromatic rings. The Morgan fingerprint density at radius 2 is 2.15 bits per heavy atom. The number of nitrogens with zero attached hydrogens (tertiary/aromatic N) is 1. The van der Waals surface area contributed by atoms with Gasteiger partial charge in [0.05, 0.1) is 7.11 Å². The van der Waals surface area contributed by atoms with Crippen molar-refractivity contribution in [2.75, 3.05) is 11.8 Å². The van der Waals surface area contributed by atoms with Gasteiger partial charge in [0, 0.05) is 0 Å². The number of pyridine rings is 1. The molecular weight excluding hydrogens is 368 g/mol. The number of anilines is 1. The van der Waals surface area contributed by atoms with Crippen molar-refractivity contribution in [3.63, 3.8) is 0 Å². The van der Waals surface area contributed by atoms with E-state index in [0.717, 1.165) is 11.3 Å². The van der Waals surface area contributed by atoms with E-state index in [-0.39, 0.29) is 15.6 Å². The summed E-state index contributed by atoms with van der Waals surface area (Å²) >= 11 is 4.15. The molecule has 0 aliphatic heterocycles. The van der Waals surface area contributed by atoms with Crippen molar-refractivity contribution in [3.8, 4) is 0 Å². The Labute approximate surface area is 128 Å². The van der Waals surface area contributed by atoms with Crippen LogP contribution in [-0.4, -0.2) is 26.5 Å². The van der Waals surface area contributed by atoms with Gasteiger partial charge in [0.15, 0.2) is 0 Å². The van der Waals surface area contributed by atoms with Crippen LogP contribution in [0.5, 0.6) is 0 Å². The fourth-order valence-electron chi connectivity index (χ4n) is 1.41. The van der Waals surface area contributed by atoms with Crippen LogP contribution in [0.15, 0.2) is 39.1 Å². The Balaban J connectivity index is 2.36. The van der Waals surface area contributed by atoms with Gasteiger partial charge in [-0.1, -0.05) is 6.07 Å². The van der Waals surface area contributed by atoms with E-state index in [4.69, 9.17) is 0 Å². The number of esters is 1. The van der Waals surface area contributed by atoms with Gasteiger partial charge in [-0.3, -0.25) is 4.72 Å². The Hall–Kier alpha value is -1.45. The smallest absolute Gasteiger partial charge is 0.349 e. The summed E-state index contributed by atoms with van der Waals surface area (Å²) in [6.45, 7) is 0. The number of hydrogen-bond acceptors (Lipinski definition) is 6. The van der Waals surface area contributed by atoms with E-state index >= 15 is 0 Å². The third kappa shape index (κ3) is 3.17. The van der Waals surface area contributed by atoms with Gasteiger partial charge in [-0.2, -0.15) is 0 Å². The van der Waals surface area contributed by atoms with Crippen molar-refractivity contribution < 1.29 is 17.9 Å². The number of nitrogens with one attached hydrogen (secondary N) is 1. The third-order valence-corrected chi connectivity index (χ3v) is 5.11. The van der Waals surface area contributed by atoms with E-state index < -0.39 is 16.0 Å². The summed E-state index contributed by atoms with van der Waals surface area (Å²) in [7, 11) is -2.70. The van der Waals surface area contributed by atoms with Crippen LogP contribution >= 0.6 is 27.3 Å². The van der Waals surface area contributed by atoms with Crippen LogP contribution in [0.4, 0.5) is 5.82 Å². The minimum atomic E-state index is -3.90. The Morgan fingerprint density at radius 3 is 2.80 bits per heavy atom. The van der Waals surface area contributed by atoms with Crippen LogP contribution in [0, 0.1) is 0 Å². The van der Waals surface area contributed by atoms with Crippen molar-refractivity contribution >= 4 is 49.1 Å². The van der Waals surface area contributed by atoms with Crippen LogP contribution < -0.4 is 4.72 Å². The van der Waals surface area contributed by atoms with E-state index in [9.17, 15) is 13.2 Å². The SMILES string of the molecule is COC(=O)c1sccc1S(=O)(=O)Nc1cccc(Br)n1. The molecule has 0 aromatic carbocycles. The normalized spacial score (nSPS) is 11.1. The number of ether oxygens (including phenoxy) is 1. The molecule has 0 amide bonds. The lowest BCUT2D eigenvalue weighted by molar-refractivity contribution is 0.0602. The van der Waals surface area contributed by atoms with Crippen molar-refractivity contribution in [1.29, 1.82) is 0 Å². The van der Waals surface area contributed by atoms with E-state index in [1.807, 2.05) is 0 Å². The highest BCUT2D eigenvalue weighted by Gasteiger charge is 2.25. The fourth-order valence-corrected chi connectivity index (χ4v) is 4.09. The second-order valence-corrected chi connectivity index (χ2v) is 6.94. The quantitative estimate of drug-likeness (QED) is 0.654. The molecule has 0 saturated heterocycles. The second kappa shape index (κ2) is 5.90. The zero-order valence-electron chi connectivity index (χ0n) is 10.2. The summed E-state index contributed by atoms with van der Waals surface area (Å²) in [4.78, 5) is 15.4. The molecule has 0 atom stereocenters. The van der Waals surface area contributed by atoms with Gasteiger partial charge >= 0.3 is 5.97 Å². The number of halogens is 1. The highest BCUT2D eigenvalue weighted by molar-refractivity contribution is 9.10. The minimum Gasteiger partial charge on any atom is -0.465 e. The molecule has 0 unspecified atom stereocenters. The number of thiophene rings is 1. The maximum Gasteiger partial charge on any atom is 0.349 e.